The number of ether oxygens (including phenoxy) is 1. The van der Waals surface area contributed by atoms with Gasteiger partial charge < -0.3 is 15.2 Å². The third-order valence-electron chi connectivity index (χ3n) is 4.72. The van der Waals surface area contributed by atoms with Gasteiger partial charge in [-0.2, -0.15) is 13.2 Å². The van der Waals surface area contributed by atoms with Crippen LogP contribution in [0.15, 0.2) is 18.2 Å². The Morgan fingerprint density at radius 1 is 1.40 bits per heavy atom. The number of hydrogen-bond acceptors (Lipinski definition) is 3. The van der Waals surface area contributed by atoms with Crippen LogP contribution in [-0.2, 0) is 16.5 Å². The first-order valence-electron chi connectivity index (χ1n) is 7.92. The summed E-state index contributed by atoms with van der Waals surface area (Å²) in [6, 6.07) is 2.59. The van der Waals surface area contributed by atoms with Gasteiger partial charge in [0.1, 0.15) is 5.82 Å². The number of nitrogens with one attached hydrogen (secondary N) is 1. The van der Waals surface area contributed by atoms with E-state index < -0.39 is 35.2 Å². The zero-order chi connectivity index (χ0) is 18.2. The highest BCUT2D eigenvalue weighted by atomic mass is 19.4. The average Bonchev–Trinajstić information content (AvgIpc) is 3.33. The second-order valence-electron chi connectivity index (χ2n) is 6.36. The molecule has 1 amide bonds. The largest absolute Gasteiger partial charge is 0.465 e. The molecule has 1 atom stereocenters. The Morgan fingerprint density at radius 2 is 2.12 bits per heavy atom. The Hall–Kier alpha value is -1.87. The van der Waals surface area contributed by atoms with Crippen molar-refractivity contribution < 1.29 is 32.2 Å². The number of amides is 1. The normalized spacial score (nSPS) is 22.7. The van der Waals surface area contributed by atoms with Gasteiger partial charge >= 0.3 is 12.3 Å². The summed E-state index contributed by atoms with van der Waals surface area (Å²) >= 11 is 0. The molecule has 0 spiro atoms. The monoisotopic (exact) mass is 362 g/mol. The minimum Gasteiger partial charge on any atom is -0.465 e. The summed E-state index contributed by atoms with van der Waals surface area (Å²) in [5.74, 6) is -1.30. The Balaban J connectivity index is 1.74. The molecule has 9 heteroatoms. The number of carboxylic acid groups (broad SMARTS) is 1. The Morgan fingerprint density at radius 3 is 2.72 bits per heavy atom. The summed E-state index contributed by atoms with van der Waals surface area (Å²) in [5, 5.41) is 12.4. The summed E-state index contributed by atoms with van der Waals surface area (Å²) < 4.78 is 57.5. The van der Waals surface area contributed by atoms with Gasteiger partial charge in [-0.25, -0.2) is 9.18 Å². The molecule has 1 aromatic carbocycles. The molecule has 0 radical (unpaired) electrons. The van der Waals surface area contributed by atoms with E-state index in [0.717, 1.165) is 12.1 Å². The van der Waals surface area contributed by atoms with E-state index in [4.69, 9.17) is 4.74 Å². The first-order valence-corrected chi connectivity index (χ1v) is 7.92. The van der Waals surface area contributed by atoms with E-state index in [-0.39, 0.29) is 19.7 Å². The van der Waals surface area contributed by atoms with Crippen molar-refractivity contribution in [1.29, 1.82) is 0 Å². The molecule has 0 bridgehead atoms. The molecule has 1 aromatic rings. The maximum Gasteiger partial charge on any atom is 0.419 e. The van der Waals surface area contributed by atoms with Crippen LogP contribution in [0.3, 0.4) is 0 Å². The van der Waals surface area contributed by atoms with Gasteiger partial charge in [-0.3, -0.25) is 4.90 Å². The Kier molecular flexibility index (Phi) is 4.63. The molecule has 2 N–H and O–H groups in total. The molecule has 1 aliphatic carbocycles. The number of hydrogen-bond donors (Lipinski definition) is 2. The number of carbonyl (C=O) groups is 1. The van der Waals surface area contributed by atoms with Gasteiger partial charge in [-0.05, 0) is 30.5 Å². The van der Waals surface area contributed by atoms with Gasteiger partial charge in [0.2, 0.25) is 0 Å². The number of alkyl halides is 3. The van der Waals surface area contributed by atoms with Gasteiger partial charge in [0.05, 0.1) is 24.8 Å². The van der Waals surface area contributed by atoms with Crippen molar-refractivity contribution in [2.24, 2.45) is 0 Å². The molecule has 138 valence electrons. The van der Waals surface area contributed by atoms with E-state index in [1.807, 2.05) is 0 Å². The highest BCUT2D eigenvalue weighted by molar-refractivity contribution is 5.65. The summed E-state index contributed by atoms with van der Waals surface area (Å²) in [5.41, 5.74) is -1.60. The maximum atomic E-state index is 13.5. The molecule has 0 unspecified atom stereocenters. The number of morpholine rings is 1. The van der Waals surface area contributed by atoms with E-state index in [0.29, 0.717) is 25.0 Å². The summed E-state index contributed by atoms with van der Waals surface area (Å²) in [6.07, 6.45) is -4.60. The fraction of sp³-hybridized carbons (Fsp3) is 0.562. The lowest BCUT2D eigenvalue weighted by atomic mass is 10.0. The van der Waals surface area contributed by atoms with E-state index in [9.17, 15) is 27.5 Å². The number of halogens is 4. The molecular formula is C16H18F4N2O3. The minimum atomic E-state index is -4.76. The van der Waals surface area contributed by atoms with Crippen molar-refractivity contribution in [1.82, 2.24) is 10.2 Å². The van der Waals surface area contributed by atoms with Gasteiger partial charge in [0.15, 0.2) is 0 Å². The van der Waals surface area contributed by atoms with Crippen LogP contribution in [0, 0.1) is 5.82 Å². The maximum absolute atomic E-state index is 13.5. The minimum absolute atomic E-state index is 0.229. The lowest BCUT2D eigenvalue weighted by Crippen LogP contribution is -2.53. The van der Waals surface area contributed by atoms with Crippen LogP contribution < -0.4 is 5.32 Å². The lowest BCUT2D eigenvalue weighted by Gasteiger charge is -2.34. The van der Waals surface area contributed by atoms with Crippen molar-refractivity contribution in [3.63, 3.8) is 0 Å². The molecule has 1 aliphatic heterocycles. The van der Waals surface area contributed by atoms with Crippen LogP contribution in [0.25, 0.3) is 0 Å². The smallest absolute Gasteiger partial charge is 0.419 e. The standard InChI is InChI=1S/C16H18F4N2O3/c17-13-2-1-10(7-12(13)16(18,19)20)15(3-4-15)21-8-11-9-25-6-5-22(11)14(23)24/h1-2,7,11,21H,3-6,8-9H2,(H,23,24)/t11-/m1/s1. The van der Waals surface area contributed by atoms with Crippen molar-refractivity contribution in [2.45, 2.75) is 30.6 Å². The van der Waals surface area contributed by atoms with Gasteiger partial charge in [0.25, 0.3) is 0 Å². The van der Waals surface area contributed by atoms with Crippen molar-refractivity contribution in [3.8, 4) is 0 Å². The molecule has 1 heterocycles. The van der Waals surface area contributed by atoms with E-state index in [1.54, 1.807) is 0 Å². The third kappa shape index (κ3) is 3.72. The second-order valence-corrected chi connectivity index (χ2v) is 6.36. The fourth-order valence-corrected chi connectivity index (χ4v) is 3.12. The van der Waals surface area contributed by atoms with Gasteiger partial charge in [-0.15, -0.1) is 0 Å². The summed E-state index contributed by atoms with van der Waals surface area (Å²) in [4.78, 5) is 12.5. The van der Waals surface area contributed by atoms with Gasteiger partial charge in [-0.1, -0.05) is 6.07 Å². The molecule has 25 heavy (non-hydrogen) atoms. The van der Waals surface area contributed by atoms with Crippen LogP contribution in [-0.4, -0.2) is 48.4 Å². The number of benzene rings is 1. The Labute approximate surface area is 141 Å². The third-order valence-corrected chi connectivity index (χ3v) is 4.72. The highest BCUT2D eigenvalue weighted by Gasteiger charge is 2.46. The SMILES string of the molecule is O=C(O)N1CCOC[C@H]1CNC1(c2ccc(F)c(C(F)(F)F)c2)CC1. The highest BCUT2D eigenvalue weighted by Crippen LogP contribution is 2.47. The molecule has 3 rings (SSSR count). The van der Waals surface area contributed by atoms with Crippen molar-refractivity contribution in [2.75, 3.05) is 26.3 Å². The fourth-order valence-electron chi connectivity index (χ4n) is 3.12. The van der Waals surface area contributed by atoms with Crippen LogP contribution in [0.5, 0.6) is 0 Å². The first-order chi connectivity index (χ1) is 11.7. The first kappa shape index (κ1) is 17.9. The van der Waals surface area contributed by atoms with Crippen molar-refractivity contribution in [3.05, 3.63) is 35.1 Å². The van der Waals surface area contributed by atoms with Crippen LogP contribution in [0.2, 0.25) is 0 Å². The average molecular weight is 362 g/mol. The number of rotatable bonds is 4. The van der Waals surface area contributed by atoms with Crippen LogP contribution in [0.4, 0.5) is 22.4 Å². The van der Waals surface area contributed by atoms with E-state index in [1.165, 1.54) is 11.0 Å². The molecule has 1 saturated heterocycles. The molecule has 2 fully saturated rings. The molecule has 1 saturated carbocycles. The number of nitrogens with zero attached hydrogens (tertiary/aromatic N) is 1. The Bertz CT molecular complexity index is 661. The second kappa shape index (κ2) is 6.45. The van der Waals surface area contributed by atoms with Crippen LogP contribution >= 0.6 is 0 Å². The topological polar surface area (TPSA) is 61.8 Å². The zero-order valence-electron chi connectivity index (χ0n) is 13.3. The molecular weight excluding hydrogens is 344 g/mol. The molecule has 5 nitrogen and oxygen atoms in total. The predicted octanol–water partition coefficient (Wildman–Crippen LogP) is 2.80. The van der Waals surface area contributed by atoms with Gasteiger partial charge in [0, 0.05) is 18.6 Å². The summed E-state index contributed by atoms with van der Waals surface area (Å²) in [7, 11) is 0. The predicted molar refractivity (Wildman–Crippen MR) is 79.7 cm³/mol. The quantitative estimate of drug-likeness (QED) is 0.809. The van der Waals surface area contributed by atoms with E-state index >= 15 is 0 Å². The summed E-state index contributed by atoms with van der Waals surface area (Å²) in [6.45, 7) is 1.06. The lowest BCUT2D eigenvalue weighted by molar-refractivity contribution is -0.140. The molecule has 2 aliphatic rings. The van der Waals surface area contributed by atoms with Crippen LogP contribution in [0.1, 0.15) is 24.0 Å². The molecule has 0 aromatic heterocycles. The van der Waals surface area contributed by atoms with E-state index in [2.05, 4.69) is 5.32 Å². The van der Waals surface area contributed by atoms with Crippen molar-refractivity contribution >= 4 is 6.09 Å². The zero-order valence-corrected chi connectivity index (χ0v) is 13.3.